The van der Waals surface area contributed by atoms with Gasteiger partial charge in [-0.05, 0) is 50.3 Å². The summed E-state index contributed by atoms with van der Waals surface area (Å²) < 4.78 is 0. The molecule has 0 radical (unpaired) electrons. The van der Waals surface area contributed by atoms with E-state index in [4.69, 9.17) is 9.97 Å². The Morgan fingerprint density at radius 3 is 2.04 bits per heavy atom. The summed E-state index contributed by atoms with van der Waals surface area (Å²) in [5, 5.41) is 5.03. The topological polar surface area (TPSA) is 84.0 Å². The zero-order chi connectivity index (χ0) is 20.1. The quantitative estimate of drug-likeness (QED) is 0.504. The van der Waals surface area contributed by atoms with E-state index < -0.39 is 11.6 Å². The fourth-order valence-corrected chi connectivity index (χ4v) is 3.67. The maximum Gasteiger partial charge on any atom is 0.322 e. The molecule has 1 fully saturated rings. The molecule has 3 amide bonds. The van der Waals surface area contributed by atoms with E-state index in [1.807, 2.05) is 18.2 Å². The molecule has 2 N–H and O–H groups in total. The van der Waals surface area contributed by atoms with Gasteiger partial charge >= 0.3 is 6.03 Å². The number of rotatable bonds is 9. The minimum atomic E-state index is -1.07. The highest BCUT2D eigenvalue weighted by molar-refractivity contribution is 6.07. The number of carbonyl (C=O) groups excluding carboxylic acids is 2. The molecule has 1 aliphatic heterocycles. The highest BCUT2D eigenvalue weighted by Crippen LogP contribution is 2.27. The normalized spacial score (nSPS) is 19.1. The summed E-state index contributed by atoms with van der Waals surface area (Å²) in [5.41, 5.74) is 3.43. The molecule has 1 atom stereocenters. The third kappa shape index (κ3) is 4.16. The van der Waals surface area contributed by atoms with Crippen LogP contribution in [0.1, 0.15) is 76.2 Å². The van der Waals surface area contributed by atoms with Crippen molar-refractivity contribution in [1.29, 1.82) is 0 Å². The van der Waals surface area contributed by atoms with Gasteiger partial charge in [0.25, 0.3) is 5.91 Å². The lowest BCUT2D eigenvalue weighted by Crippen LogP contribution is -2.40. The molecule has 2 heterocycles. The number of hydrogen-bond donors (Lipinski definition) is 2. The number of urea groups is 1. The molecule has 1 saturated heterocycles. The Hall–Kier alpha value is -2.50. The van der Waals surface area contributed by atoms with Crippen molar-refractivity contribution < 1.29 is 9.59 Å². The first-order chi connectivity index (χ1) is 13.5. The van der Waals surface area contributed by atoms with E-state index in [-0.39, 0.29) is 5.91 Å². The number of nitrogens with zero attached hydrogens (tertiary/aromatic N) is 2. The summed E-state index contributed by atoms with van der Waals surface area (Å²) in [4.78, 5) is 33.7. The number of nitrogens with one attached hydrogen (secondary N) is 2. The number of aromatic nitrogens is 2. The number of aryl methyl sites for hydroxylation is 2. The largest absolute Gasteiger partial charge is 0.322 e. The van der Waals surface area contributed by atoms with Crippen LogP contribution < -0.4 is 10.6 Å². The average molecular weight is 383 g/mol. The van der Waals surface area contributed by atoms with Crippen LogP contribution in [0.4, 0.5) is 4.79 Å². The van der Waals surface area contributed by atoms with Crippen LogP contribution in [-0.4, -0.2) is 21.9 Å². The molecule has 1 aliphatic rings. The van der Waals surface area contributed by atoms with E-state index in [0.717, 1.165) is 53.7 Å². The Morgan fingerprint density at radius 2 is 1.50 bits per heavy atom. The highest BCUT2D eigenvalue weighted by Gasteiger charge is 2.43. The monoisotopic (exact) mass is 382 g/mol. The Bertz CT molecular complexity index is 880. The van der Waals surface area contributed by atoms with Crippen molar-refractivity contribution in [2.24, 2.45) is 0 Å². The lowest BCUT2D eigenvalue weighted by atomic mass is 9.92. The smallest absolute Gasteiger partial charge is 0.320 e. The van der Waals surface area contributed by atoms with E-state index in [9.17, 15) is 9.59 Å². The summed E-state index contributed by atoms with van der Waals surface area (Å²) in [7, 11) is 0. The number of fused-ring (bicyclic) bond motifs is 1. The van der Waals surface area contributed by atoms with Crippen molar-refractivity contribution in [2.75, 3.05) is 0 Å². The van der Waals surface area contributed by atoms with Crippen molar-refractivity contribution in [1.82, 2.24) is 20.6 Å². The molecular formula is C22H30N4O2. The highest BCUT2D eigenvalue weighted by atomic mass is 16.2. The Morgan fingerprint density at radius 1 is 0.893 bits per heavy atom. The molecule has 6 heteroatoms. The van der Waals surface area contributed by atoms with Gasteiger partial charge in [0.15, 0.2) is 0 Å². The molecule has 0 spiro atoms. The molecule has 0 aliphatic carbocycles. The standard InChI is InChI=1S/C22H30N4O2/c1-4-6-8-10-16-17(11-9-7-5-2)24-19-14-15(12-13-18(19)23-16)22(3)20(27)25-21(28)26-22/h12-14H,4-11H2,1-3H3,(H2,25,26,27,28). The number of imide groups is 1. The third-order valence-corrected chi connectivity index (χ3v) is 5.48. The van der Waals surface area contributed by atoms with Crippen LogP contribution in [0.25, 0.3) is 11.0 Å². The Balaban J connectivity index is 1.96. The minimum Gasteiger partial charge on any atom is -0.320 e. The molecule has 0 saturated carbocycles. The molecule has 150 valence electrons. The maximum absolute atomic E-state index is 12.3. The fourth-order valence-electron chi connectivity index (χ4n) is 3.67. The van der Waals surface area contributed by atoms with Gasteiger partial charge in [-0.3, -0.25) is 10.1 Å². The predicted octanol–water partition coefficient (Wildman–Crippen LogP) is 4.15. The van der Waals surface area contributed by atoms with E-state index in [0.29, 0.717) is 0 Å². The molecule has 28 heavy (non-hydrogen) atoms. The number of amides is 3. The predicted molar refractivity (Wildman–Crippen MR) is 110 cm³/mol. The van der Waals surface area contributed by atoms with Gasteiger partial charge in [0, 0.05) is 0 Å². The van der Waals surface area contributed by atoms with Crippen LogP contribution in [0.2, 0.25) is 0 Å². The van der Waals surface area contributed by atoms with Gasteiger partial charge < -0.3 is 5.32 Å². The van der Waals surface area contributed by atoms with Crippen LogP contribution >= 0.6 is 0 Å². The number of unbranched alkanes of at least 4 members (excludes halogenated alkanes) is 4. The molecule has 1 aromatic heterocycles. The van der Waals surface area contributed by atoms with Crippen LogP contribution in [0.5, 0.6) is 0 Å². The van der Waals surface area contributed by atoms with Gasteiger partial charge in [-0.2, -0.15) is 0 Å². The van der Waals surface area contributed by atoms with Crippen LogP contribution in [0.3, 0.4) is 0 Å². The minimum absolute atomic E-state index is 0.343. The van der Waals surface area contributed by atoms with Crippen LogP contribution in [-0.2, 0) is 23.2 Å². The van der Waals surface area contributed by atoms with E-state index in [2.05, 4.69) is 24.5 Å². The molecule has 1 aromatic carbocycles. The zero-order valence-electron chi connectivity index (χ0n) is 17.1. The zero-order valence-corrected chi connectivity index (χ0v) is 17.1. The van der Waals surface area contributed by atoms with Crippen molar-refractivity contribution in [3.05, 3.63) is 35.2 Å². The molecule has 6 nitrogen and oxygen atoms in total. The van der Waals surface area contributed by atoms with Crippen molar-refractivity contribution in [3.63, 3.8) is 0 Å². The lowest BCUT2D eigenvalue weighted by molar-refractivity contribution is -0.123. The second-order valence-electron chi connectivity index (χ2n) is 7.77. The molecular weight excluding hydrogens is 352 g/mol. The van der Waals surface area contributed by atoms with Crippen molar-refractivity contribution in [2.45, 2.75) is 77.7 Å². The van der Waals surface area contributed by atoms with Crippen LogP contribution in [0, 0.1) is 0 Å². The fraction of sp³-hybridized carbons (Fsp3) is 0.545. The number of hydrogen-bond acceptors (Lipinski definition) is 4. The average Bonchev–Trinajstić information content (AvgIpc) is 2.94. The lowest BCUT2D eigenvalue weighted by Gasteiger charge is -2.21. The first kappa shape index (κ1) is 20.2. The number of carbonyl (C=O) groups is 2. The number of benzene rings is 1. The van der Waals surface area contributed by atoms with Crippen molar-refractivity contribution >= 4 is 23.0 Å². The summed E-state index contributed by atoms with van der Waals surface area (Å²) >= 11 is 0. The first-order valence-electron chi connectivity index (χ1n) is 10.4. The summed E-state index contributed by atoms with van der Waals surface area (Å²) in [6.07, 6.45) is 8.84. The molecule has 0 bridgehead atoms. The molecule has 3 rings (SSSR count). The Kier molecular flexibility index (Phi) is 6.27. The van der Waals surface area contributed by atoms with Gasteiger partial charge in [-0.15, -0.1) is 0 Å². The van der Waals surface area contributed by atoms with E-state index in [1.165, 1.54) is 25.7 Å². The summed E-state index contributed by atoms with van der Waals surface area (Å²) in [5.74, 6) is -0.343. The third-order valence-electron chi connectivity index (χ3n) is 5.48. The van der Waals surface area contributed by atoms with Gasteiger partial charge in [-0.25, -0.2) is 14.8 Å². The van der Waals surface area contributed by atoms with Gasteiger partial charge in [0.2, 0.25) is 0 Å². The van der Waals surface area contributed by atoms with E-state index >= 15 is 0 Å². The van der Waals surface area contributed by atoms with Gasteiger partial charge in [0.1, 0.15) is 5.54 Å². The molecule has 1 unspecified atom stereocenters. The van der Waals surface area contributed by atoms with Crippen LogP contribution in [0.15, 0.2) is 18.2 Å². The second kappa shape index (κ2) is 8.67. The summed E-state index contributed by atoms with van der Waals surface area (Å²) in [6.45, 7) is 6.11. The summed E-state index contributed by atoms with van der Waals surface area (Å²) in [6, 6.07) is 5.17. The van der Waals surface area contributed by atoms with E-state index in [1.54, 1.807) is 6.92 Å². The van der Waals surface area contributed by atoms with Gasteiger partial charge in [0.05, 0.1) is 22.4 Å². The maximum atomic E-state index is 12.3. The van der Waals surface area contributed by atoms with Crippen molar-refractivity contribution in [3.8, 4) is 0 Å². The Labute approximate surface area is 166 Å². The van der Waals surface area contributed by atoms with Gasteiger partial charge in [-0.1, -0.05) is 45.6 Å². The first-order valence-corrected chi connectivity index (χ1v) is 10.4. The SMILES string of the molecule is CCCCCc1nc2ccc(C3(C)NC(=O)NC3=O)cc2nc1CCCCC. The second-order valence-corrected chi connectivity index (χ2v) is 7.77. The molecule has 2 aromatic rings.